The van der Waals surface area contributed by atoms with Gasteiger partial charge in [0.1, 0.15) is 0 Å². The summed E-state index contributed by atoms with van der Waals surface area (Å²) in [5.41, 5.74) is 0.498. The second-order valence-electron chi connectivity index (χ2n) is 7.47. The molecule has 1 amide bonds. The van der Waals surface area contributed by atoms with Crippen molar-refractivity contribution in [1.82, 2.24) is 5.32 Å². The molecule has 1 saturated heterocycles. The SMILES string of the molecule is CC(=O)Nc1ccc(S(=O)(=O)[C@H]2CS(=O)(=O)C[C@@H]2NC2CCCCC2)cc1. The van der Waals surface area contributed by atoms with Crippen molar-refractivity contribution in [3.63, 3.8) is 0 Å². The third-order valence-electron chi connectivity index (χ3n) is 5.26. The maximum absolute atomic E-state index is 13.1. The predicted octanol–water partition coefficient (Wildman–Crippen LogP) is 1.51. The third kappa shape index (κ3) is 4.89. The van der Waals surface area contributed by atoms with Crippen LogP contribution in [0.2, 0.25) is 0 Å². The van der Waals surface area contributed by atoms with Gasteiger partial charge in [-0.15, -0.1) is 0 Å². The van der Waals surface area contributed by atoms with Gasteiger partial charge in [0.15, 0.2) is 19.7 Å². The molecule has 1 aromatic rings. The molecule has 150 valence electrons. The van der Waals surface area contributed by atoms with Gasteiger partial charge in [-0.2, -0.15) is 0 Å². The van der Waals surface area contributed by atoms with Crippen LogP contribution in [0.3, 0.4) is 0 Å². The van der Waals surface area contributed by atoms with E-state index in [1.165, 1.54) is 37.6 Å². The number of hydrogen-bond donors (Lipinski definition) is 2. The second-order valence-corrected chi connectivity index (χ2v) is 11.8. The van der Waals surface area contributed by atoms with Gasteiger partial charge in [0.25, 0.3) is 0 Å². The topological polar surface area (TPSA) is 109 Å². The Morgan fingerprint density at radius 3 is 2.26 bits per heavy atom. The summed E-state index contributed by atoms with van der Waals surface area (Å²) in [6.07, 6.45) is 5.24. The summed E-state index contributed by atoms with van der Waals surface area (Å²) >= 11 is 0. The molecule has 0 radical (unpaired) electrons. The van der Waals surface area contributed by atoms with Crippen LogP contribution in [0.25, 0.3) is 0 Å². The Morgan fingerprint density at radius 2 is 1.67 bits per heavy atom. The summed E-state index contributed by atoms with van der Waals surface area (Å²) in [4.78, 5) is 11.2. The summed E-state index contributed by atoms with van der Waals surface area (Å²) in [6.45, 7) is 1.37. The van der Waals surface area contributed by atoms with Gasteiger partial charge >= 0.3 is 0 Å². The molecule has 1 aliphatic carbocycles. The molecule has 2 aliphatic rings. The van der Waals surface area contributed by atoms with E-state index in [0.29, 0.717) is 5.69 Å². The Bertz CT molecular complexity index is 888. The molecule has 1 heterocycles. The Hall–Kier alpha value is -1.45. The quantitative estimate of drug-likeness (QED) is 0.756. The molecule has 7 nitrogen and oxygen atoms in total. The van der Waals surface area contributed by atoms with Gasteiger partial charge in [0.2, 0.25) is 5.91 Å². The highest BCUT2D eigenvalue weighted by atomic mass is 32.2. The van der Waals surface area contributed by atoms with E-state index in [9.17, 15) is 21.6 Å². The van der Waals surface area contributed by atoms with Crippen LogP contribution in [0.5, 0.6) is 0 Å². The first-order chi connectivity index (χ1) is 12.7. The lowest BCUT2D eigenvalue weighted by molar-refractivity contribution is -0.114. The molecule has 9 heteroatoms. The van der Waals surface area contributed by atoms with Crippen molar-refractivity contribution in [2.24, 2.45) is 0 Å². The Labute approximate surface area is 160 Å². The van der Waals surface area contributed by atoms with Crippen LogP contribution in [0.1, 0.15) is 39.0 Å². The Kier molecular flexibility index (Phi) is 5.93. The van der Waals surface area contributed by atoms with E-state index in [4.69, 9.17) is 0 Å². The van der Waals surface area contributed by atoms with E-state index in [2.05, 4.69) is 10.6 Å². The van der Waals surface area contributed by atoms with Gasteiger partial charge in [-0.3, -0.25) is 4.79 Å². The van der Waals surface area contributed by atoms with Gasteiger partial charge in [-0.1, -0.05) is 19.3 Å². The van der Waals surface area contributed by atoms with Crippen LogP contribution in [0, 0.1) is 0 Å². The zero-order valence-electron chi connectivity index (χ0n) is 15.3. The zero-order valence-corrected chi connectivity index (χ0v) is 17.0. The van der Waals surface area contributed by atoms with E-state index in [0.717, 1.165) is 25.7 Å². The lowest BCUT2D eigenvalue weighted by Crippen LogP contribution is -2.48. The molecule has 1 saturated carbocycles. The first-order valence-corrected chi connectivity index (χ1v) is 12.6. The highest BCUT2D eigenvalue weighted by Crippen LogP contribution is 2.28. The lowest BCUT2D eigenvalue weighted by atomic mass is 9.95. The monoisotopic (exact) mass is 414 g/mol. The highest BCUT2D eigenvalue weighted by molar-refractivity contribution is 7.96. The zero-order chi connectivity index (χ0) is 19.7. The van der Waals surface area contributed by atoms with Crippen LogP contribution in [-0.4, -0.2) is 51.6 Å². The van der Waals surface area contributed by atoms with Crippen molar-refractivity contribution >= 4 is 31.3 Å². The second kappa shape index (κ2) is 7.89. The van der Waals surface area contributed by atoms with Crippen LogP contribution in [-0.2, 0) is 24.5 Å². The van der Waals surface area contributed by atoms with Crippen LogP contribution in [0.4, 0.5) is 5.69 Å². The molecule has 0 spiro atoms. The molecule has 27 heavy (non-hydrogen) atoms. The average molecular weight is 415 g/mol. The molecule has 0 aromatic heterocycles. The summed E-state index contributed by atoms with van der Waals surface area (Å²) < 4.78 is 50.6. The molecule has 1 aromatic carbocycles. The highest BCUT2D eigenvalue weighted by Gasteiger charge is 2.46. The Morgan fingerprint density at radius 1 is 1.04 bits per heavy atom. The first-order valence-electron chi connectivity index (χ1n) is 9.25. The van der Waals surface area contributed by atoms with Crippen LogP contribution < -0.4 is 10.6 Å². The van der Waals surface area contributed by atoms with E-state index in [1.807, 2.05) is 0 Å². The van der Waals surface area contributed by atoms with Crippen LogP contribution in [0.15, 0.2) is 29.2 Å². The fourth-order valence-electron chi connectivity index (χ4n) is 3.95. The number of nitrogens with one attached hydrogen (secondary N) is 2. The molecule has 0 bridgehead atoms. The number of carbonyl (C=O) groups is 1. The standard InChI is InChI=1S/C18H26N2O5S2/c1-13(21)19-15-7-9-16(10-8-15)27(24,25)18-12-26(22,23)11-17(18)20-14-5-3-2-4-6-14/h7-10,14,17-18,20H,2-6,11-12H2,1H3,(H,19,21)/t17-,18-/m0/s1. The minimum atomic E-state index is -3.81. The average Bonchev–Trinajstić information content (AvgIpc) is 2.91. The number of anilines is 1. The van der Waals surface area contributed by atoms with E-state index in [1.54, 1.807) is 0 Å². The fourth-order valence-corrected chi connectivity index (χ4v) is 8.63. The summed E-state index contributed by atoms with van der Waals surface area (Å²) in [7, 11) is -7.22. The molecule has 3 rings (SSSR count). The maximum atomic E-state index is 13.1. The summed E-state index contributed by atoms with van der Waals surface area (Å²) in [5, 5.41) is 4.92. The van der Waals surface area contributed by atoms with E-state index >= 15 is 0 Å². The Balaban J connectivity index is 1.82. The van der Waals surface area contributed by atoms with Crippen LogP contribution >= 0.6 is 0 Å². The minimum absolute atomic E-state index is 0.0779. The number of sulfone groups is 2. The van der Waals surface area contributed by atoms with Gasteiger partial charge in [-0.25, -0.2) is 16.8 Å². The van der Waals surface area contributed by atoms with E-state index < -0.39 is 31.0 Å². The van der Waals surface area contributed by atoms with Crippen molar-refractivity contribution < 1.29 is 21.6 Å². The van der Waals surface area contributed by atoms with Crippen molar-refractivity contribution in [2.45, 2.75) is 61.3 Å². The molecule has 2 N–H and O–H groups in total. The van der Waals surface area contributed by atoms with E-state index in [-0.39, 0.29) is 28.4 Å². The largest absolute Gasteiger partial charge is 0.326 e. The predicted molar refractivity (Wildman–Crippen MR) is 104 cm³/mol. The summed E-state index contributed by atoms with van der Waals surface area (Å²) in [6, 6.07) is 5.46. The molecule has 2 atom stereocenters. The summed E-state index contributed by atoms with van der Waals surface area (Å²) in [5.74, 6) is -0.742. The van der Waals surface area contributed by atoms with Crippen molar-refractivity contribution in [1.29, 1.82) is 0 Å². The fraction of sp³-hybridized carbons (Fsp3) is 0.611. The first kappa shape index (κ1) is 20.3. The molecular weight excluding hydrogens is 388 g/mol. The molecule has 2 fully saturated rings. The van der Waals surface area contributed by atoms with Gasteiger partial charge in [-0.05, 0) is 37.1 Å². The van der Waals surface area contributed by atoms with Crippen molar-refractivity contribution in [2.75, 3.05) is 16.8 Å². The van der Waals surface area contributed by atoms with Gasteiger partial charge in [0.05, 0.1) is 21.7 Å². The lowest BCUT2D eigenvalue weighted by Gasteiger charge is -2.28. The molecule has 0 unspecified atom stereocenters. The third-order valence-corrected chi connectivity index (χ3v) is 9.42. The minimum Gasteiger partial charge on any atom is -0.326 e. The van der Waals surface area contributed by atoms with Crippen molar-refractivity contribution in [3.8, 4) is 0 Å². The van der Waals surface area contributed by atoms with Gasteiger partial charge < -0.3 is 10.6 Å². The molecule has 1 aliphatic heterocycles. The van der Waals surface area contributed by atoms with Gasteiger partial charge in [0, 0.05) is 24.7 Å². The number of benzene rings is 1. The normalized spacial score (nSPS) is 26.0. The number of carbonyl (C=O) groups excluding carboxylic acids is 1. The number of hydrogen-bond acceptors (Lipinski definition) is 6. The van der Waals surface area contributed by atoms with Crippen molar-refractivity contribution in [3.05, 3.63) is 24.3 Å². The molecular formula is C18H26N2O5S2. The smallest absolute Gasteiger partial charge is 0.221 e. The maximum Gasteiger partial charge on any atom is 0.221 e. The number of rotatable bonds is 5. The number of amides is 1.